The molecule has 98 valence electrons. The molecule has 2 rings (SSSR count). The van der Waals surface area contributed by atoms with Crippen molar-refractivity contribution in [2.75, 3.05) is 20.2 Å². The Hall–Kier alpha value is -0.610. The topological polar surface area (TPSA) is 49.8 Å². The number of aliphatic hydroxyl groups is 1. The monoisotopic (exact) mass is 241 g/mol. The maximum Gasteiger partial charge on any atom is 0.323 e. The molecule has 1 atom stereocenters. The summed E-state index contributed by atoms with van der Waals surface area (Å²) in [4.78, 5) is 13.5. The maximum atomic E-state index is 11.5. The number of carbonyl (C=O) groups excluding carboxylic acids is 1. The second-order valence-corrected chi connectivity index (χ2v) is 5.70. The van der Waals surface area contributed by atoms with E-state index >= 15 is 0 Å². The summed E-state index contributed by atoms with van der Waals surface area (Å²) >= 11 is 0. The number of esters is 1. The first-order valence-electron chi connectivity index (χ1n) is 6.58. The highest BCUT2D eigenvalue weighted by Crippen LogP contribution is 2.34. The molecule has 1 unspecified atom stereocenters. The van der Waals surface area contributed by atoms with Gasteiger partial charge in [-0.1, -0.05) is 6.92 Å². The summed E-state index contributed by atoms with van der Waals surface area (Å²) in [6.07, 6.45) is 4.76. The number of methoxy groups -OCH3 is 1. The van der Waals surface area contributed by atoms with E-state index in [2.05, 4.69) is 11.8 Å². The highest BCUT2D eigenvalue weighted by atomic mass is 16.5. The summed E-state index contributed by atoms with van der Waals surface area (Å²) in [6.45, 7) is 3.76. The van der Waals surface area contributed by atoms with Crippen LogP contribution in [0.15, 0.2) is 0 Å². The van der Waals surface area contributed by atoms with Gasteiger partial charge >= 0.3 is 5.97 Å². The van der Waals surface area contributed by atoms with Crippen LogP contribution in [0.25, 0.3) is 0 Å². The summed E-state index contributed by atoms with van der Waals surface area (Å²) in [6, 6.07) is -0.122. The van der Waals surface area contributed by atoms with Gasteiger partial charge in [0.15, 0.2) is 0 Å². The minimum atomic E-state index is -0.584. The minimum Gasteiger partial charge on any atom is -0.468 e. The van der Waals surface area contributed by atoms with Crippen LogP contribution in [-0.2, 0) is 9.53 Å². The molecule has 0 bridgehead atoms. The van der Waals surface area contributed by atoms with Crippen molar-refractivity contribution in [2.24, 2.45) is 5.92 Å². The Morgan fingerprint density at radius 3 is 2.53 bits per heavy atom. The predicted octanol–water partition coefficient (Wildman–Crippen LogP) is 1.17. The van der Waals surface area contributed by atoms with Crippen molar-refractivity contribution in [3.8, 4) is 0 Å². The molecule has 0 aromatic carbocycles. The van der Waals surface area contributed by atoms with Crippen molar-refractivity contribution in [3.05, 3.63) is 0 Å². The van der Waals surface area contributed by atoms with Crippen LogP contribution in [0.4, 0.5) is 0 Å². The van der Waals surface area contributed by atoms with Gasteiger partial charge in [0.1, 0.15) is 6.04 Å². The largest absolute Gasteiger partial charge is 0.468 e. The molecule has 0 amide bonds. The van der Waals surface area contributed by atoms with E-state index in [0.29, 0.717) is 6.54 Å². The van der Waals surface area contributed by atoms with E-state index in [0.717, 1.165) is 44.6 Å². The molecule has 1 saturated carbocycles. The van der Waals surface area contributed by atoms with Crippen LogP contribution in [0.5, 0.6) is 0 Å². The zero-order valence-corrected chi connectivity index (χ0v) is 10.8. The zero-order chi connectivity index (χ0) is 12.5. The number of β-amino-alcohol motifs (C(OH)–C–C–N with tert-alkyl or cyclic N) is 1. The molecule has 0 aromatic rings. The summed E-state index contributed by atoms with van der Waals surface area (Å²) in [7, 11) is 1.43. The molecule has 4 heteroatoms. The predicted molar refractivity (Wildman–Crippen MR) is 64.6 cm³/mol. The molecule has 1 saturated heterocycles. The van der Waals surface area contributed by atoms with E-state index in [-0.39, 0.29) is 12.0 Å². The second kappa shape index (κ2) is 4.94. The molecule has 0 aromatic heterocycles. The molecule has 1 aliphatic carbocycles. The highest BCUT2D eigenvalue weighted by Gasteiger charge is 2.41. The normalized spacial score (nSPS) is 38.5. The smallest absolute Gasteiger partial charge is 0.323 e. The first kappa shape index (κ1) is 12.8. The van der Waals surface area contributed by atoms with E-state index < -0.39 is 5.60 Å². The van der Waals surface area contributed by atoms with Gasteiger partial charge in [0.25, 0.3) is 0 Å². The van der Waals surface area contributed by atoms with Crippen LogP contribution in [-0.4, -0.2) is 47.8 Å². The summed E-state index contributed by atoms with van der Waals surface area (Å²) < 4.78 is 4.76. The third-order valence-electron chi connectivity index (χ3n) is 4.31. The Morgan fingerprint density at radius 1 is 1.41 bits per heavy atom. The fourth-order valence-electron chi connectivity index (χ4n) is 2.87. The Labute approximate surface area is 103 Å². The average Bonchev–Trinajstić information content (AvgIpc) is 2.29. The second-order valence-electron chi connectivity index (χ2n) is 5.70. The van der Waals surface area contributed by atoms with E-state index in [1.165, 1.54) is 7.11 Å². The lowest BCUT2D eigenvalue weighted by atomic mass is 9.78. The Balaban J connectivity index is 1.86. The van der Waals surface area contributed by atoms with Crippen LogP contribution in [0.2, 0.25) is 0 Å². The lowest BCUT2D eigenvalue weighted by molar-refractivity contribution is -0.155. The van der Waals surface area contributed by atoms with Crippen molar-refractivity contribution in [3.63, 3.8) is 0 Å². The number of hydrogen-bond acceptors (Lipinski definition) is 4. The highest BCUT2D eigenvalue weighted by molar-refractivity contribution is 5.76. The van der Waals surface area contributed by atoms with Crippen LogP contribution >= 0.6 is 0 Å². The molecule has 0 spiro atoms. The van der Waals surface area contributed by atoms with Crippen LogP contribution in [0.1, 0.15) is 39.0 Å². The Kier molecular flexibility index (Phi) is 3.73. The van der Waals surface area contributed by atoms with Gasteiger partial charge < -0.3 is 9.84 Å². The maximum absolute atomic E-state index is 11.5. The number of ether oxygens (including phenoxy) is 1. The van der Waals surface area contributed by atoms with Crippen molar-refractivity contribution >= 4 is 5.97 Å². The zero-order valence-electron chi connectivity index (χ0n) is 10.8. The van der Waals surface area contributed by atoms with E-state index in [4.69, 9.17) is 4.74 Å². The van der Waals surface area contributed by atoms with E-state index in [9.17, 15) is 9.90 Å². The van der Waals surface area contributed by atoms with Gasteiger partial charge in [0.2, 0.25) is 0 Å². The van der Waals surface area contributed by atoms with Crippen molar-refractivity contribution in [2.45, 2.75) is 50.7 Å². The quantitative estimate of drug-likeness (QED) is 0.754. The van der Waals surface area contributed by atoms with Gasteiger partial charge in [-0.15, -0.1) is 0 Å². The van der Waals surface area contributed by atoms with Crippen molar-refractivity contribution in [1.29, 1.82) is 0 Å². The van der Waals surface area contributed by atoms with E-state index in [1.54, 1.807) is 0 Å². The van der Waals surface area contributed by atoms with Gasteiger partial charge in [-0.3, -0.25) is 9.69 Å². The minimum absolute atomic E-state index is 0.122. The molecule has 0 radical (unpaired) electrons. The van der Waals surface area contributed by atoms with E-state index in [1.807, 2.05) is 0 Å². The lowest BCUT2D eigenvalue weighted by Crippen LogP contribution is -2.58. The van der Waals surface area contributed by atoms with Gasteiger partial charge in [-0.25, -0.2) is 0 Å². The first-order valence-corrected chi connectivity index (χ1v) is 6.58. The van der Waals surface area contributed by atoms with Crippen molar-refractivity contribution < 1.29 is 14.6 Å². The number of likely N-dealkylation sites (tertiary alicyclic amines) is 1. The number of carbonyl (C=O) groups is 1. The molecular formula is C13H23NO3. The van der Waals surface area contributed by atoms with Crippen molar-refractivity contribution in [1.82, 2.24) is 4.90 Å². The third-order valence-corrected chi connectivity index (χ3v) is 4.31. The summed E-state index contributed by atoms with van der Waals surface area (Å²) in [5.74, 6) is 0.562. The standard InChI is InChI=1S/C13H23NO3/c1-10-3-6-13(16,7-4-10)9-14-8-5-11(14)12(15)17-2/h10-11,16H,3-9H2,1-2H3. The summed E-state index contributed by atoms with van der Waals surface area (Å²) in [5, 5.41) is 10.5. The number of rotatable bonds is 3. The van der Waals surface area contributed by atoms with Gasteiger partial charge in [-0.05, 0) is 38.0 Å². The SMILES string of the molecule is COC(=O)C1CCN1CC1(O)CCC(C)CC1. The summed E-state index contributed by atoms with van der Waals surface area (Å²) in [5.41, 5.74) is -0.584. The fraction of sp³-hybridized carbons (Fsp3) is 0.923. The molecule has 1 heterocycles. The average molecular weight is 241 g/mol. The molecule has 1 N–H and O–H groups in total. The van der Waals surface area contributed by atoms with Gasteiger partial charge in [0, 0.05) is 13.1 Å². The molecule has 2 fully saturated rings. The fourth-order valence-corrected chi connectivity index (χ4v) is 2.87. The third kappa shape index (κ3) is 2.80. The van der Waals surface area contributed by atoms with Crippen LogP contribution in [0, 0.1) is 5.92 Å². The molecule has 1 aliphatic heterocycles. The Bertz CT molecular complexity index is 284. The number of nitrogens with zero attached hydrogens (tertiary/aromatic N) is 1. The van der Waals surface area contributed by atoms with Crippen LogP contribution < -0.4 is 0 Å². The lowest BCUT2D eigenvalue weighted by Gasteiger charge is -2.45. The first-order chi connectivity index (χ1) is 8.04. The molecule has 2 aliphatic rings. The molecule has 17 heavy (non-hydrogen) atoms. The molecular weight excluding hydrogens is 218 g/mol. The number of hydrogen-bond donors (Lipinski definition) is 1. The van der Waals surface area contributed by atoms with Gasteiger partial charge in [-0.2, -0.15) is 0 Å². The molecule has 4 nitrogen and oxygen atoms in total. The van der Waals surface area contributed by atoms with Gasteiger partial charge in [0.05, 0.1) is 12.7 Å². The Morgan fingerprint density at radius 2 is 2.06 bits per heavy atom. The van der Waals surface area contributed by atoms with Crippen LogP contribution in [0.3, 0.4) is 0 Å².